The first kappa shape index (κ1) is 24.0. The molecule has 28 heavy (non-hydrogen) atoms. The Balaban J connectivity index is 3.17. The molecule has 0 saturated carbocycles. The molecule has 0 aliphatic heterocycles. The van der Waals surface area contributed by atoms with E-state index in [0.717, 1.165) is 0 Å². The van der Waals surface area contributed by atoms with Gasteiger partial charge in [-0.25, -0.2) is 0 Å². The second-order valence-corrected chi connectivity index (χ2v) is 7.60. The summed E-state index contributed by atoms with van der Waals surface area (Å²) >= 11 is 0. The van der Waals surface area contributed by atoms with Crippen LogP contribution < -0.4 is 11.5 Å². The van der Waals surface area contributed by atoms with Gasteiger partial charge in [0.1, 0.15) is 11.6 Å². The number of hydrogen-bond acceptors (Lipinski definition) is 6. The van der Waals surface area contributed by atoms with Crippen LogP contribution in [0, 0.1) is 11.8 Å². The van der Waals surface area contributed by atoms with Gasteiger partial charge in [0.2, 0.25) is 5.78 Å². The maximum Gasteiger partial charge on any atom is 0.305 e. The van der Waals surface area contributed by atoms with Gasteiger partial charge in [-0.05, 0) is 24.0 Å². The minimum Gasteiger partial charge on any atom is -0.316 e. The van der Waals surface area contributed by atoms with Crippen molar-refractivity contribution in [3.63, 3.8) is 0 Å². The van der Waals surface area contributed by atoms with Crippen molar-refractivity contribution in [2.24, 2.45) is 23.3 Å². The predicted octanol–water partition coefficient (Wildman–Crippen LogP) is 2.60. The number of rotatable bonds is 11. The third kappa shape index (κ3) is 5.26. The standard InChI is InChI=1S/C20H29F2N3O3/c1-5-13(4)20(24,18(28)17(23)14-8-6-7-9-25-14)16(27)10-15(26)19(21,22)11-12(2)3/h6-9,12-13,17H,5,10-11,23-24H2,1-4H3/t13-,17?,20+/m0/s1. The van der Waals surface area contributed by atoms with E-state index in [2.05, 4.69) is 4.98 Å². The summed E-state index contributed by atoms with van der Waals surface area (Å²) in [5, 5.41) is 0. The van der Waals surface area contributed by atoms with Crippen molar-refractivity contribution in [2.75, 3.05) is 0 Å². The Morgan fingerprint density at radius 1 is 1.14 bits per heavy atom. The zero-order valence-electron chi connectivity index (χ0n) is 16.7. The predicted molar refractivity (Wildman–Crippen MR) is 102 cm³/mol. The van der Waals surface area contributed by atoms with E-state index in [1.165, 1.54) is 12.3 Å². The van der Waals surface area contributed by atoms with Gasteiger partial charge in [-0.3, -0.25) is 19.4 Å². The molecule has 3 atom stereocenters. The molecule has 0 aromatic carbocycles. The molecule has 0 fully saturated rings. The summed E-state index contributed by atoms with van der Waals surface area (Å²) in [4.78, 5) is 41.9. The topological polar surface area (TPSA) is 116 Å². The maximum absolute atomic E-state index is 14.1. The Kier molecular flexibility index (Phi) is 8.07. The molecular weight excluding hydrogens is 368 g/mol. The van der Waals surface area contributed by atoms with Crippen molar-refractivity contribution < 1.29 is 23.2 Å². The number of carbonyl (C=O) groups is 3. The Labute approximate surface area is 164 Å². The van der Waals surface area contributed by atoms with Crippen LogP contribution in [0.1, 0.15) is 58.7 Å². The van der Waals surface area contributed by atoms with Gasteiger partial charge in [0.05, 0.1) is 12.1 Å². The van der Waals surface area contributed by atoms with Crippen LogP contribution in [0.2, 0.25) is 0 Å². The number of Topliss-reactive ketones (excluding diaryl/α,β-unsaturated/α-hetero) is 3. The summed E-state index contributed by atoms with van der Waals surface area (Å²) in [6.45, 7) is 6.35. The summed E-state index contributed by atoms with van der Waals surface area (Å²) in [5.74, 6) is -8.23. The van der Waals surface area contributed by atoms with Crippen LogP contribution in [0.3, 0.4) is 0 Å². The number of nitrogens with two attached hydrogens (primary N) is 2. The van der Waals surface area contributed by atoms with E-state index in [0.29, 0.717) is 6.42 Å². The van der Waals surface area contributed by atoms with E-state index < -0.39 is 59.5 Å². The summed E-state index contributed by atoms with van der Waals surface area (Å²) in [7, 11) is 0. The van der Waals surface area contributed by atoms with Crippen LogP contribution >= 0.6 is 0 Å². The number of alkyl halides is 2. The average molecular weight is 397 g/mol. The van der Waals surface area contributed by atoms with E-state index >= 15 is 0 Å². The van der Waals surface area contributed by atoms with Gasteiger partial charge in [0, 0.05) is 12.6 Å². The molecule has 4 N–H and O–H groups in total. The lowest BCUT2D eigenvalue weighted by Crippen LogP contribution is -2.62. The number of halogens is 2. The van der Waals surface area contributed by atoms with Gasteiger partial charge in [-0.1, -0.05) is 40.2 Å². The number of aromatic nitrogens is 1. The molecule has 0 amide bonds. The molecule has 1 aromatic rings. The highest BCUT2D eigenvalue weighted by atomic mass is 19.3. The molecule has 0 aliphatic carbocycles. The fourth-order valence-electron chi connectivity index (χ4n) is 2.98. The number of pyridine rings is 1. The summed E-state index contributed by atoms with van der Waals surface area (Å²) in [5.41, 5.74) is 10.2. The Morgan fingerprint density at radius 3 is 2.21 bits per heavy atom. The summed E-state index contributed by atoms with van der Waals surface area (Å²) in [6.07, 6.45) is -0.0517. The lowest BCUT2D eigenvalue weighted by atomic mass is 9.73. The van der Waals surface area contributed by atoms with Gasteiger partial charge >= 0.3 is 5.92 Å². The molecule has 0 saturated heterocycles. The molecule has 1 heterocycles. The smallest absolute Gasteiger partial charge is 0.305 e. The molecule has 1 rings (SSSR count). The van der Waals surface area contributed by atoms with E-state index in [-0.39, 0.29) is 5.69 Å². The lowest BCUT2D eigenvalue weighted by Gasteiger charge is -2.34. The average Bonchev–Trinajstić information content (AvgIpc) is 2.64. The molecule has 1 aromatic heterocycles. The Hall–Kier alpha value is -2.06. The Morgan fingerprint density at radius 2 is 1.75 bits per heavy atom. The third-order valence-electron chi connectivity index (χ3n) is 4.94. The highest BCUT2D eigenvalue weighted by molar-refractivity contribution is 6.18. The van der Waals surface area contributed by atoms with Crippen molar-refractivity contribution >= 4 is 17.3 Å². The SMILES string of the molecule is CC[C@H](C)[C@@](N)(C(=O)CC(=O)C(F)(F)CC(C)C)C(=O)C(N)c1ccccn1. The maximum atomic E-state index is 14.1. The largest absolute Gasteiger partial charge is 0.316 e. The number of ketones is 3. The summed E-state index contributed by atoms with van der Waals surface area (Å²) in [6, 6.07) is 3.45. The normalized spacial score (nSPS) is 16.3. The third-order valence-corrected chi connectivity index (χ3v) is 4.94. The van der Waals surface area contributed by atoms with Gasteiger partial charge in [0.15, 0.2) is 11.6 Å². The second kappa shape index (κ2) is 9.43. The van der Waals surface area contributed by atoms with Crippen molar-refractivity contribution in [1.29, 1.82) is 0 Å². The van der Waals surface area contributed by atoms with Crippen molar-refractivity contribution in [3.05, 3.63) is 30.1 Å². The van der Waals surface area contributed by atoms with Crippen molar-refractivity contribution in [2.45, 2.75) is 64.5 Å². The van der Waals surface area contributed by atoms with Crippen LogP contribution in [0.25, 0.3) is 0 Å². The molecule has 156 valence electrons. The van der Waals surface area contributed by atoms with Gasteiger partial charge in [0.25, 0.3) is 0 Å². The number of hydrogen-bond donors (Lipinski definition) is 2. The molecular formula is C20H29F2N3O3. The number of nitrogens with zero attached hydrogens (tertiary/aromatic N) is 1. The molecule has 8 heteroatoms. The van der Waals surface area contributed by atoms with Gasteiger partial charge in [-0.15, -0.1) is 0 Å². The lowest BCUT2D eigenvalue weighted by molar-refractivity contribution is -0.150. The molecule has 0 radical (unpaired) electrons. The zero-order valence-corrected chi connectivity index (χ0v) is 16.7. The zero-order chi connectivity index (χ0) is 21.7. The quantitative estimate of drug-likeness (QED) is 0.555. The first-order chi connectivity index (χ1) is 12.9. The van der Waals surface area contributed by atoms with Crippen molar-refractivity contribution in [1.82, 2.24) is 4.98 Å². The van der Waals surface area contributed by atoms with Crippen LogP contribution in [0.5, 0.6) is 0 Å². The van der Waals surface area contributed by atoms with Gasteiger partial charge in [-0.2, -0.15) is 8.78 Å². The van der Waals surface area contributed by atoms with Crippen LogP contribution in [-0.2, 0) is 14.4 Å². The minimum absolute atomic E-state index is 0.204. The van der Waals surface area contributed by atoms with E-state index in [1.54, 1.807) is 39.8 Å². The Bertz CT molecular complexity index is 710. The monoisotopic (exact) mass is 397 g/mol. The van der Waals surface area contributed by atoms with E-state index in [9.17, 15) is 23.2 Å². The highest BCUT2D eigenvalue weighted by Crippen LogP contribution is 2.30. The van der Waals surface area contributed by atoms with E-state index in [4.69, 9.17) is 11.5 Å². The summed E-state index contributed by atoms with van der Waals surface area (Å²) < 4.78 is 28.1. The van der Waals surface area contributed by atoms with Crippen LogP contribution in [-0.4, -0.2) is 33.8 Å². The first-order valence-corrected chi connectivity index (χ1v) is 9.32. The molecule has 6 nitrogen and oxygen atoms in total. The molecule has 1 unspecified atom stereocenters. The van der Waals surface area contributed by atoms with Crippen LogP contribution in [0.4, 0.5) is 8.78 Å². The fraction of sp³-hybridized carbons (Fsp3) is 0.600. The molecule has 0 bridgehead atoms. The van der Waals surface area contributed by atoms with Gasteiger partial charge < -0.3 is 11.5 Å². The first-order valence-electron chi connectivity index (χ1n) is 9.32. The number of carbonyl (C=O) groups excluding carboxylic acids is 3. The molecule has 0 spiro atoms. The molecule has 0 aliphatic rings. The second-order valence-electron chi connectivity index (χ2n) is 7.60. The van der Waals surface area contributed by atoms with Crippen LogP contribution in [0.15, 0.2) is 24.4 Å². The highest BCUT2D eigenvalue weighted by Gasteiger charge is 2.50. The van der Waals surface area contributed by atoms with E-state index in [1.807, 2.05) is 0 Å². The fourth-order valence-corrected chi connectivity index (χ4v) is 2.98. The minimum atomic E-state index is -3.66. The van der Waals surface area contributed by atoms with Crippen molar-refractivity contribution in [3.8, 4) is 0 Å².